The molecule has 0 amide bonds. The van der Waals surface area contributed by atoms with Crippen molar-refractivity contribution in [3.05, 3.63) is 35.9 Å². The highest BCUT2D eigenvalue weighted by molar-refractivity contribution is 7.90. The van der Waals surface area contributed by atoms with Gasteiger partial charge >= 0.3 is 5.97 Å². The smallest absolute Gasteiger partial charge is 0.323 e. The molecule has 1 aromatic rings. The second kappa shape index (κ2) is 5.29. The third kappa shape index (κ3) is 3.54. The summed E-state index contributed by atoms with van der Waals surface area (Å²) in [7, 11) is -3.86. The van der Waals surface area contributed by atoms with Crippen molar-refractivity contribution in [3.8, 4) is 0 Å². The number of carbonyl (C=O) groups is 1. The molecule has 17 heavy (non-hydrogen) atoms. The van der Waals surface area contributed by atoms with E-state index in [2.05, 4.69) is 4.72 Å². The van der Waals surface area contributed by atoms with Gasteiger partial charge < -0.3 is 5.11 Å². The van der Waals surface area contributed by atoms with Gasteiger partial charge in [0, 0.05) is 6.04 Å². The minimum Gasteiger partial charge on any atom is -0.480 e. The van der Waals surface area contributed by atoms with Crippen LogP contribution in [0.3, 0.4) is 0 Å². The summed E-state index contributed by atoms with van der Waals surface area (Å²) in [5.41, 5.74) is 0.786. The zero-order chi connectivity index (χ0) is 13.1. The summed E-state index contributed by atoms with van der Waals surface area (Å²) in [6.07, 6.45) is 0. The molecule has 94 valence electrons. The van der Waals surface area contributed by atoms with Gasteiger partial charge in [0.2, 0.25) is 10.0 Å². The number of hydrogen-bond donors (Lipinski definition) is 2. The number of benzene rings is 1. The standard InChI is InChI=1S/C11H15NO4S/c1-8(10-6-4-3-5-7-10)12-17(15,16)9(2)11(13)14/h3-9,12H,1-2H3,(H,13,14). The average molecular weight is 257 g/mol. The first-order chi connectivity index (χ1) is 7.84. The molecular weight excluding hydrogens is 242 g/mol. The van der Waals surface area contributed by atoms with E-state index in [0.29, 0.717) is 0 Å². The number of nitrogens with one attached hydrogen (secondary N) is 1. The Bertz CT molecular complexity index is 483. The molecule has 1 aromatic carbocycles. The van der Waals surface area contributed by atoms with Gasteiger partial charge in [0.25, 0.3) is 0 Å². The SMILES string of the molecule is CC(NS(=O)(=O)C(C)C(=O)O)c1ccccc1. The molecule has 0 bridgehead atoms. The molecule has 0 radical (unpaired) electrons. The van der Waals surface area contributed by atoms with Gasteiger partial charge in [0.15, 0.2) is 5.25 Å². The van der Waals surface area contributed by atoms with E-state index in [4.69, 9.17) is 5.11 Å². The van der Waals surface area contributed by atoms with E-state index in [9.17, 15) is 13.2 Å². The Labute approximate surface area is 101 Å². The van der Waals surface area contributed by atoms with Gasteiger partial charge in [-0.25, -0.2) is 13.1 Å². The van der Waals surface area contributed by atoms with Gasteiger partial charge in [-0.3, -0.25) is 4.79 Å². The molecule has 0 heterocycles. The van der Waals surface area contributed by atoms with Gasteiger partial charge in [-0.05, 0) is 19.4 Å². The molecule has 6 heteroatoms. The van der Waals surface area contributed by atoms with Crippen molar-refractivity contribution in [2.24, 2.45) is 0 Å². The predicted octanol–water partition coefficient (Wildman–Crippen LogP) is 1.14. The number of carboxylic acids is 1. The lowest BCUT2D eigenvalue weighted by Gasteiger charge is -2.16. The molecule has 0 aliphatic heterocycles. The normalized spacial score (nSPS) is 15.2. The highest BCUT2D eigenvalue weighted by atomic mass is 32.2. The zero-order valence-corrected chi connectivity index (χ0v) is 10.4. The zero-order valence-electron chi connectivity index (χ0n) is 9.62. The number of carboxylic acid groups (broad SMARTS) is 1. The van der Waals surface area contributed by atoms with Crippen LogP contribution in [0, 0.1) is 0 Å². The van der Waals surface area contributed by atoms with Crippen LogP contribution in [0.1, 0.15) is 25.5 Å². The van der Waals surface area contributed by atoms with Gasteiger partial charge in [-0.1, -0.05) is 30.3 Å². The summed E-state index contributed by atoms with van der Waals surface area (Å²) < 4.78 is 25.7. The maximum absolute atomic E-state index is 11.7. The second-order valence-corrected chi connectivity index (χ2v) is 5.81. The molecule has 0 saturated carbocycles. The van der Waals surface area contributed by atoms with Crippen molar-refractivity contribution in [2.45, 2.75) is 25.1 Å². The fourth-order valence-corrected chi connectivity index (χ4v) is 2.39. The largest absolute Gasteiger partial charge is 0.480 e. The Balaban J connectivity index is 2.82. The third-order valence-electron chi connectivity index (χ3n) is 2.45. The van der Waals surface area contributed by atoms with Crippen LogP contribution >= 0.6 is 0 Å². The van der Waals surface area contributed by atoms with Crippen LogP contribution in [0.4, 0.5) is 0 Å². The molecule has 2 N–H and O–H groups in total. The summed E-state index contributed by atoms with van der Waals surface area (Å²) in [6, 6.07) is 8.51. The Kier molecular flexibility index (Phi) is 4.25. The van der Waals surface area contributed by atoms with Gasteiger partial charge in [0.1, 0.15) is 0 Å². The first-order valence-electron chi connectivity index (χ1n) is 5.13. The molecular formula is C11H15NO4S. The van der Waals surface area contributed by atoms with Crippen molar-refractivity contribution in [3.63, 3.8) is 0 Å². The molecule has 5 nitrogen and oxygen atoms in total. The molecule has 2 atom stereocenters. The molecule has 0 aromatic heterocycles. The van der Waals surface area contributed by atoms with Crippen molar-refractivity contribution < 1.29 is 18.3 Å². The second-order valence-electron chi connectivity index (χ2n) is 3.78. The summed E-state index contributed by atoms with van der Waals surface area (Å²) in [4.78, 5) is 10.6. The van der Waals surface area contributed by atoms with Crippen molar-refractivity contribution in [2.75, 3.05) is 0 Å². The minimum atomic E-state index is -3.86. The van der Waals surface area contributed by atoms with E-state index in [0.717, 1.165) is 12.5 Å². The lowest BCUT2D eigenvalue weighted by atomic mass is 10.1. The summed E-state index contributed by atoms with van der Waals surface area (Å²) in [5.74, 6) is -1.36. The van der Waals surface area contributed by atoms with E-state index in [1.807, 2.05) is 6.07 Å². The van der Waals surface area contributed by atoms with Crippen LogP contribution in [0.2, 0.25) is 0 Å². The third-order valence-corrected chi connectivity index (χ3v) is 4.27. The van der Waals surface area contributed by atoms with E-state index in [1.54, 1.807) is 31.2 Å². The van der Waals surface area contributed by atoms with Gasteiger partial charge in [-0.2, -0.15) is 0 Å². The van der Waals surface area contributed by atoms with E-state index >= 15 is 0 Å². The van der Waals surface area contributed by atoms with Crippen LogP contribution < -0.4 is 4.72 Å². The maximum Gasteiger partial charge on any atom is 0.323 e. The number of sulfonamides is 1. The maximum atomic E-state index is 11.7. The molecule has 0 spiro atoms. The van der Waals surface area contributed by atoms with Crippen LogP contribution in [0.5, 0.6) is 0 Å². The van der Waals surface area contributed by atoms with E-state index in [1.165, 1.54) is 0 Å². The first-order valence-corrected chi connectivity index (χ1v) is 6.68. The Morgan fingerprint density at radius 3 is 2.24 bits per heavy atom. The van der Waals surface area contributed by atoms with Crippen LogP contribution in [-0.4, -0.2) is 24.7 Å². The molecule has 0 saturated heterocycles. The predicted molar refractivity (Wildman–Crippen MR) is 64.0 cm³/mol. The van der Waals surface area contributed by atoms with Gasteiger partial charge in [0.05, 0.1) is 0 Å². The van der Waals surface area contributed by atoms with Gasteiger partial charge in [-0.15, -0.1) is 0 Å². The molecule has 0 aliphatic carbocycles. The fraction of sp³-hybridized carbons (Fsp3) is 0.364. The molecule has 1 rings (SSSR count). The highest BCUT2D eigenvalue weighted by Crippen LogP contribution is 2.14. The Morgan fingerprint density at radius 2 is 1.76 bits per heavy atom. The summed E-state index contributed by atoms with van der Waals surface area (Å²) >= 11 is 0. The summed E-state index contributed by atoms with van der Waals surface area (Å²) in [6.45, 7) is 2.81. The fourth-order valence-electron chi connectivity index (χ4n) is 1.29. The molecule has 2 unspecified atom stereocenters. The first kappa shape index (κ1) is 13.7. The van der Waals surface area contributed by atoms with Crippen LogP contribution in [-0.2, 0) is 14.8 Å². The number of rotatable bonds is 5. The van der Waals surface area contributed by atoms with Crippen molar-refractivity contribution >= 4 is 16.0 Å². The van der Waals surface area contributed by atoms with Crippen LogP contribution in [0.25, 0.3) is 0 Å². The van der Waals surface area contributed by atoms with Crippen molar-refractivity contribution in [1.29, 1.82) is 0 Å². The molecule has 0 fully saturated rings. The lowest BCUT2D eigenvalue weighted by molar-refractivity contribution is -0.136. The van der Waals surface area contributed by atoms with Crippen LogP contribution in [0.15, 0.2) is 30.3 Å². The monoisotopic (exact) mass is 257 g/mol. The lowest BCUT2D eigenvalue weighted by Crippen LogP contribution is -2.38. The van der Waals surface area contributed by atoms with E-state index in [-0.39, 0.29) is 0 Å². The highest BCUT2D eigenvalue weighted by Gasteiger charge is 2.28. The topological polar surface area (TPSA) is 83.5 Å². The quantitative estimate of drug-likeness (QED) is 0.828. The van der Waals surface area contributed by atoms with Crippen molar-refractivity contribution in [1.82, 2.24) is 4.72 Å². The van der Waals surface area contributed by atoms with E-state index < -0.39 is 27.3 Å². The molecule has 0 aliphatic rings. The number of aliphatic carboxylic acids is 1. The minimum absolute atomic E-state index is 0.456. The number of hydrogen-bond acceptors (Lipinski definition) is 3. The summed E-state index contributed by atoms with van der Waals surface area (Å²) in [5, 5.41) is 7.22. The average Bonchev–Trinajstić information content (AvgIpc) is 2.28. The Hall–Kier alpha value is -1.40. The Morgan fingerprint density at radius 1 is 1.24 bits per heavy atom.